The summed E-state index contributed by atoms with van der Waals surface area (Å²) in [6.45, 7) is 2.09. The lowest BCUT2D eigenvalue weighted by molar-refractivity contribution is 0.0609. The first-order valence-electron chi connectivity index (χ1n) is 6.05. The third-order valence-electron chi connectivity index (χ3n) is 2.98. The minimum atomic E-state index is -0.408. The zero-order chi connectivity index (χ0) is 13.5. The van der Waals surface area contributed by atoms with Crippen LogP contribution in [-0.4, -0.2) is 19.3 Å². The molecular formula is C13H20ClFN2O. The van der Waals surface area contributed by atoms with Gasteiger partial charge in [0.15, 0.2) is 0 Å². The number of hydrogen-bond acceptors (Lipinski definition) is 3. The van der Waals surface area contributed by atoms with Gasteiger partial charge in [-0.2, -0.15) is 0 Å². The molecule has 2 atom stereocenters. The number of benzene rings is 1. The lowest BCUT2D eigenvalue weighted by atomic mass is 9.99. The van der Waals surface area contributed by atoms with Crippen LogP contribution < -0.4 is 11.3 Å². The van der Waals surface area contributed by atoms with E-state index in [1.165, 1.54) is 6.07 Å². The Bertz CT molecular complexity index is 376. The summed E-state index contributed by atoms with van der Waals surface area (Å²) >= 11 is 5.76. The Morgan fingerprint density at radius 3 is 2.72 bits per heavy atom. The molecule has 0 fully saturated rings. The van der Waals surface area contributed by atoms with Crippen molar-refractivity contribution in [3.63, 3.8) is 0 Å². The van der Waals surface area contributed by atoms with Crippen molar-refractivity contribution in [2.45, 2.75) is 38.3 Å². The summed E-state index contributed by atoms with van der Waals surface area (Å²) in [4.78, 5) is 0. The van der Waals surface area contributed by atoms with E-state index in [-0.39, 0.29) is 17.2 Å². The van der Waals surface area contributed by atoms with Gasteiger partial charge < -0.3 is 4.74 Å². The molecule has 0 saturated heterocycles. The van der Waals surface area contributed by atoms with Crippen molar-refractivity contribution < 1.29 is 9.13 Å². The van der Waals surface area contributed by atoms with Crippen LogP contribution in [0, 0.1) is 5.82 Å². The van der Waals surface area contributed by atoms with E-state index in [9.17, 15) is 4.39 Å². The van der Waals surface area contributed by atoms with Gasteiger partial charge in [-0.05, 0) is 30.5 Å². The summed E-state index contributed by atoms with van der Waals surface area (Å²) < 4.78 is 18.5. The van der Waals surface area contributed by atoms with E-state index in [2.05, 4.69) is 12.3 Å². The zero-order valence-corrected chi connectivity index (χ0v) is 11.5. The molecule has 5 heteroatoms. The molecule has 1 aromatic rings. The Morgan fingerprint density at radius 2 is 2.22 bits per heavy atom. The van der Waals surface area contributed by atoms with E-state index in [1.54, 1.807) is 19.2 Å². The molecule has 0 aliphatic rings. The number of nitrogens with two attached hydrogens (primary N) is 1. The standard InChI is InChI=1S/C13H20ClFN2O/c1-3-4-13(18-2)12(17-16)8-9-5-6-11(15)10(14)7-9/h5-7,12-13,17H,3-4,8,16H2,1-2H3. The molecule has 0 bridgehead atoms. The highest BCUT2D eigenvalue weighted by Crippen LogP contribution is 2.18. The van der Waals surface area contributed by atoms with Gasteiger partial charge in [-0.15, -0.1) is 0 Å². The molecule has 18 heavy (non-hydrogen) atoms. The van der Waals surface area contributed by atoms with Crippen LogP contribution in [0.25, 0.3) is 0 Å². The number of hydrazine groups is 1. The van der Waals surface area contributed by atoms with E-state index in [4.69, 9.17) is 22.2 Å². The van der Waals surface area contributed by atoms with Crippen molar-refractivity contribution in [2.24, 2.45) is 5.84 Å². The first-order valence-corrected chi connectivity index (χ1v) is 6.43. The van der Waals surface area contributed by atoms with Crippen LogP contribution in [0.1, 0.15) is 25.3 Å². The maximum Gasteiger partial charge on any atom is 0.141 e. The third kappa shape index (κ3) is 4.21. The van der Waals surface area contributed by atoms with Gasteiger partial charge in [-0.25, -0.2) is 4.39 Å². The molecule has 3 nitrogen and oxygen atoms in total. The molecule has 0 aliphatic carbocycles. The summed E-state index contributed by atoms with van der Waals surface area (Å²) in [6.07, 6.45) is 2.61. The average molecular weight is 275 g/mol. The fraction of sp³-hybridized carbons (Fsp3) is 0.538. The number of hydrogen-bond donors (Lipinski definition) is 2. The Kier molecular flexibility index (Phi) is 6.57. The second-order valence-corrected chi connectivity index (χ2v) is 4.70. The van der Waals surface area contributed by atoms with Crippen molar-refractivity contribution in [3.05, 3.63) is 34.6 Å². The van der Waals surface area contributed by atoms with Gasteiger partial charge in [0, 0.05) is 7.11 Å². The fourth-order valence-electron chi connectivity index (χ4n) is 1.99. The molecule has 1 aromatic carbocycles. The second-order valence-electron chi connectivity index (χ2n) is 4.29. The minimum Gasteiger partial charge on any atom is -0.380 e. The van der Waals surface area contributed by atoms with E-state index >= 15 is 0 Å². The van der Waals surface area contributed by atoms with Crippen LogP contribution in [0.5, 0.6) is 0 Å². The molecule has 0 aromatic heterocycles. The van der Waals surface area contributed by atoms with Crippen molar-refractivity contribution in [1.82, 2.24) is 5.43 Å². The second kappa shape index (κ2) is 7.69. The maximum absolute atomic E-state index is 13.1. The van der Waals surface area contributed by atoms with E-state index in [1.807, 2.05) is 0 Å². The van der Waals surface area contributed by atoms with Gasteiger partial charge in [0.05, 0.1) is 17.2 Å². The van der Waals surface area contributed by atoms with Crippen LogP contribution in [-0.2, 0) is 11.2 Å². The SMILES string of the molecule is CCCC(OC)C(Cc1ccc(F)c(Cl)c1)NN. The molecule has 3 N–H and O–H groups in total. The normalized spacial score (nSPS) is 14.5. The molecule has 0 spiro atoms. The Balaban J connectivity index is 2.74. The van der Waals surface area contributed by atoms with Crippen LogP contribution in [0.15, 0.2) is 18.2 Å². The molecule has 102 valence electrons. The van der Waals surface area contributed by atoms with Gasteiger partial charge in [0.2, 0.25) is 0 Å². The summed E-state index contributed by atoms with van der Waals surface area (Å²) in [5.41, 5.74) is 3.69. The maximum atomic E-state index is 13.1. The van der Waals surface area contributed by atoms with Gasteiger partial charge >= 0.3 is 0 Å². The van der Waals surface area contributed by atoms with Gasteiger partial charge in [-0.1, -0.05) is 31.0 Å². The van der Waals surface area contributed by atoms with E-state index in [0.29, 0.717) is 6.42 Å². The van der Waals surface area contributed by atoms with E-state index in [0.717, 1.165) is 18.4 Å². The Hall–Kier alpha value is -0.680. The summed E-state index contributed by atoms with van der Waals surface area (Å²) in [7, 11) is 1.67. The first kappa shape index (κ1) is 15.4. The van der Waals surface area contributed by atoms with Crippen LogP contribution in [0.3, 0.4) is 0 Å². The van der Waals surface area contributed by atoms with Gasteiger partial charge in [0.1, 0.15) is 5.82 Å². The third-order valence-corrected chi connectivity index (χ3v) is 3.27. The Morgan fingerprint density at radius 1 is 1.50 bits per heavy atom. The lowest BCUT2D eigenvalue weighted by Crippen LogP contribution is -2.46. The summed E-state index contributed by atoms with van der Waals surface area (Å²) in [6, 6.07) is 4.69. The molecule has 0 heterocycles. The van der Waals surface area contributed by atoms with Crippen LogP contribution >= 0.6 is 11.6 Å². The van der Waals surface area contributed by atoms with E-state index < -0.39 is 5.82 Å². The molecule has 0 saturated carbocycles. The number of ether oxygens (including phenoxy) is 1. The zero-order valence-electron chi connectivity index (χ0n) is 10.7. The van der Waals surface area contributed by atoms with Crippen molar-refractivity contribution >= 4 is 11.6 Å². The highest BCUT2D eigenvalue weighted by molar-refractivity contribution is 6.30. The quantitative estimate of drug-likeness (QED) is 0.594. The number of halogens is 2. The van der Waals surface area contributed by atoms with Gasteiger partial charge in [-0.3, -0.25) is 11.3 Å². The molecule has 0 aliphatic heterocycles. The summed E-state index contributed by atoms with van der Waals surface area (Å²) in [5.74, 6) is 5.15. The molecular weight excluding hydrogens is 255 g/mol. The number of rotatable bonds is 7. The van der Waals surface area contributed by atoms with Crippen LogP contribution in [0.4, 0.5) is 4.39 Å². The van der Waals surface area contributed by atoms with Crippen LogP contribution in [0.2, 0.25) is 5.02 Å². The molecule has 0 radical (unpaired) electrons. The van der Waals surface area contributed by atoms with Crippen molar-refractivity contribution in [1.29, 1.82) is 0 Å². The highest BCUT2D eigenvalue weighted by atomic mass is 35.5. The Labute approximate surface area is 112 Å². The number of methoxy groups -OCH3 is 1. The topological polar surface area (TPSA) is 47.3 Å². The average Bonchev–Trinajstić information content (AvgIpc) is 2.37. The highest BCUT2D eigenvalue weighted by Gasteiger charge is 2.20. The molecule has 2 unspecified atom stereocenters. The minimum absolute atomic E-state index is 0.0172. The largest absolute Gasteiger partial charge is 0.380 e. The molecule has 0 amide bonds. The number of nitrogens with one attached hydrogen (secondary N) is 1. The predicted octanol–water partition coefficient (Wildman–Crippen LogP) is 2.67. The first-order chi connectivity index (χ1) is 8.62. The smallest absolute Gasteiger partial charge is 0.141 e. The van der Waals surface area contributed by atoms with Crippen molar-refractivity contribution in [2.75, 3.05) is 7.11 Å². The monoisotopic (exact) mass is 274 g/mol. The van der Waals surface area contributed by atoms with Crippen molar-refractivity contribution in [3.8, 4) is 0 Å². The fourth-order valence-corrected chi connectivity index (χ4v) is 2.19. The predicted molar refractivity (Wildman–Crippen MR) is 71.9 cm³/mol. The molecule has 1 rings (SSSR count). The van der Waals surface area contributed by atoms with Gasteiger partial charge in [0.25, 0.3) is 0 Å². The summed E-state index contributed by atoms with van der Waals surface area (Å²) in [5, 5.41) is 0.132. The lowest BCUT2D eigenvalue weighted by Gasteiger charge is -2.25.